The standard InChI is InChI=1S/C28H28N2O2/c1-18-11-16-23(19(2)17-18)29-25-24(20-9-7-6-8-10-20)26(31)30(27(25)32)22-14-12-21(13-15-22)28(3,4)5/h6-17,29H,1-5H3. The van der Waals surface area contributed by atoms with Crippen molar-refractivity contribution in [3.05, 3.63) is 101 Å². The molecule has 1 aliphatic heterocycles. The van der Waals surface area contributed by atoms with Crippen LogP contribution in [-0.4, -0.2) is 11.8 Å². The van der Waals surface area contributed by atoms with E-state index in [2.05, 4.69) is 32.2 Å². The molecule has 0 aliphatic carbocycles. The zero-order valence-electron chi connectivity index (χ0n) is 19.2. The van der Waals surface area contributed by atoms with Crippen LogP contribution in [0.15, 0.2) is 78.5 Å². The summed E-state index contributed by atoms with van der Waals surface area (Å²) in [6.45, 7) is 10.4. The molecule has 0 spiro atoms. The molecule has 4 heteroatoms. The number of hydrogen-bond donors (Lipinski definition) is 1. The molecule has 0 bridgehead atoms. The van der Waals surface area contributed by atoms with E-state index in [4.69, 9.17) is 0 Å². The maximum atomic E-state index is 13.5. The number of rotatable bonds is 4. The molecule has 1 aliphatic rings. The maximum Gasteiger partial charge on any atom is 0.282 e. The SMILES string of the molecule is Cc1ccc(NC2=C(c3ccccc3)C(=O)N(c3ccc(C(C)(C)C)cc3)C2=O)c(C)c1. The lowest BCUT2D eigenvalue weighted by Crippen LogP contribution is -2.32. The lowest BCUT2D eigenvalue weighted by Gasteiger charge is -2.21. The Morgan fingerprint density at radius 1 is 0.781 bits per heavy atom. The first-order chi connectivity index (χ1) is 15.2. The first-order valence-electron chi connectivity index (χ1n) is 10.8. The minimum atomic E-state index is -0.350. The summed E-state index contributed by atoms with van der Waals surface area (Å²) in [5.41, 5.74) is 6.06. The molecule has 4 nitrogen and oxygen atoms in total. The molecular weight excluding hydrogens is 396 g/mol. The average Bonchev–Trinajstić information content (AvgIpc) is 2.99. The molecule has 0 aromatic heterocycles. The third-order valence-corrected chi connectivity index (χ3v) is 5.78. The molecule has 2 amide bonds. The highest BCUT2D eigenvalue weighted by Gasteiger charge is 2.40. The fraction of sp³-hybridized carbons (Fsp3) is 0.214. The number of nitrogens with one attached hydrogen (secondary N) is 1. The van der Waals surface area contributed by atoms with Crippen LogP contribution in [-0.2, 0) is 15.0 Å². The highest BCUT2D eigenvalue weighted by Crippen LogP contribution is 2.35. The van der Waals surface area contributed by atoms with Gasteiger partial charge in [-0.1, -0.05) is 80.9 Å². The number of carbonyl (C=O) groups excluding carboxylic acids is 2. The van der Waals surface area contributed by atoms with E-state index in [1.54, 1.807) is 0 Å². The van der Waals surface area contributed by atoms with Gasteiger partial charge < -0.3 is 5.32 Å². The van der Waals surface area contributed by atoms with Crippen LogP contribution in [0.4, 0.5) is 11.4 Å². The molecule has 0 radical (unpaired) electrons. The third-order valence-electron chi connectivity index (χ3n) is 5.78. The molecule has 162 valence electrons. The van der Waals surface area contributed by atoms with Crippen LogP contribution in [0.2, 0.25) is 0 Å². The van der Waals surface area contributed by atoms with E-state index in [0.29, 0.717) is 22.5 Å². The predicted molar refractivity (Wildman–Crippen MR) is 131 cm³/mol. The molecule has 0 saturated carbocycles. The Hall–Kier alpha value is -3.66. The Labute approximate surface area is 189 Å². The van der Waals surface area contributed by atoms with Gasteiger partial charge in [-0.2, -0.15) is 0 Å². The fourth-order valence-electron chi connectivity index (χ4n) is 3.95. The van der Waals surface area contributed by atoms with Gasteiger partial charge in [0.1, 0.15) is 5.70 Å². The summed E-state index contributed by atoms with van der Waals surface area (Å²) < 4.78 is 0. The highest BCUT2D eigenvalue weighted by molar-refractivity contribution is 6.46. The number of nitrogens with zero attached hydrogens (tertiary/aromatic N) is 1. The largest absolute Gasteiger partial charge is 0.350 e. The van der Waals surface area contributed by atoms with Crippen LogP contribution in [0.25, 0.3) is 5.57 Å². The van der Waals surface area contributed by atoms with Crippen LogP contribution in [0.1, 0.15) is 43.0 Å². The van der Waals surface area contributed by atoms with Crippen molar-refractivity contribution < 1.29 is 9.59 Å². The van der Waals surface area contributed by atoms with Gasteiger partial charge in [-0.15, -0.1) is 0 Å². The summed E-state index contributed by atoms with van der Waals surface area (Å²) in [4.78, 5) is 28.4. The van der Waals surface area contributed by atoms with Gasteiger partial charge in [0.05, 0.1) is 11.3 Å². The smallest absolute Gasteiger partial charge is 0.282 e. The van der Waals surface area contributed by atoms with Crippen LogP contribution < -0.4 is 10.2 Å². The van der Waals surface area contributed by atoms with E-state index in [1.807, 2.05) is 80.6 Å². The van der Waals surface area contributed by atoms with Crippen LogP contribution in [0.5, 0.6) is 0 Å². The van der Waals surface area contributed by atoms with Gasteiger partial charge in [-0.25, -0.2) is 4.90 Å². The molecule has 1 heterocycles. The van der Waals surface area contributed by atoms with Crippen molar-refractivity contribution in [3.63, 3.8) is 0 Å². The second-order valence-electron chi connectivity index (χ2n) is 9.30. The van der Waals surface area contributed by atoms with E-state index < -0.39 is 0 Å². The summed E-state index contributed by atoms with van der Waals surface area (Å²) >= 11 is 0. The number of hydrogen-bond acceptors (Lipinski definition) is 3. The van der Waals surface area contributed by atoms with Crippen molar-refractivity contribution >= 4 is 28.8 Å². The molecule has 0 saturated heterocycles. The first-order valence-corrected chi connectivity index (χ1v) is 10.8. The van der Waals surface area contributed by atoms with E-state index in [0.717, 1.165) is 22.4 Å². The van der Waals surface area contributed by atoms with Gasteiger partial charge in [0.2, 0.25) is 0 Å². The Kier molecular flexibility index (Phi) is 5.47. The molecule has 4 rings (SSSR count). The Morgan fingerprint density at radius 2 is 1.44 bits per heavy atom. The Balaban J connectivity index is 1.78. The normalized spacial score (nSPS) is 14.3. The van der Waals surface area contributed by atoms with Gasteiger partial charge in [0.15, 0.2) is 0 Å². The molecular formula is C28H28N2O2. The topological polar surface area (TPSA) is 49.4 Å². The van der Waals surface area contributed by atoms with Crippen molar-refractivity contribution in [1.82, 2.24) is 0 Å². The van der Waals surface area contributed by atoms with Crippen LogP contribution >= 0.6 is 0 Å². The molecule has 32 heavy (non-hydrogen) atoms. The summed E-state index contributed by atoms with van der Waals surface area (Å²) in [6.07, 6.45) is 0. The molecule has 3 aromatic carbocycles. The van der Waals surface area contributed by atoms with Crippen molar-refractivity contribution in [2.45, 2.75) is 40.0 Å². The van der Waals surface area contributed by atoms with E-state index >= 15 is 0 Å². The minimum Gasteiger partial charge on any atom is -0.350 e. The summed E-state index contributed by atoms with van der Waals surface area (Å²) in [7, 11) is 0. The molecule has 3 aromatic rings. The predicted octanol–water partition coefficient (Wildman–Crippen LogP) is 6.00. The van der Waals surface area contributed by atoms with Gasteiger partial charge in [-0.3, -0.25) is 9.59 Å². The summed E-state index contributed by atoms with van der Waals surface area (Å²) in [6, 6.07) is 23.0. The molecule has 0 fully saturated rings. The number of anilines is 2. The lowest BCUT2D eigenvalue weighted by atomic mass is 9.87. The van der Waals surface area contributed by atoms with E-state index in [9.17, 15) is 9.59 Å². The lowest BCUT2D eigenvalue weighted by molar-refractivity contribution is -0.120. The van der Waals surface area contributed by atoms with Crippen molar-refractivity contribution in [2.24, 2.45) is 0 Å². The van der Waals surface area contributed by atoms with Gasteiger partial charge in [0.25, 0.3) is 11.8 Å². The number of benzene rings is 3. The highest BCUT2D eigenvalue weighted by atomic mass is 16.2. The van der Waals surface area contributed by atoms with E-state index in [1.165, 1.54) is 4.90 Å². The van der Waals surface area contributed by atoms with Gasteiger partial charge in [-0.05, 0) is 54.2 Å². The zero-order valence-corrected chi connectivity index (χ0v) is 19.2. The molecule has 1 N–H and O–H groups in total. The summed E-state index contributed by atoms with van der Waals surface area (Å²) in [5.74, 6) is -0.672. The van der Waals surface area contributed by atoms with Gasteiger partial charge in [0, 0.05) is 5.69 Å². The Morgan fingerprint density at radius 3 is 2.03 bits per heavy atom. The monoisotopic (exact) mass is 424 g/mol. The molecule has 0 unspecified atom stereocenters. The average molecular weight is 425 g/mol. The van der Waals surface area contributed by atoms with Crippen LogP contribution in [0, 0.1) is 13.8 Å². The Bertz CT molecular complexity index is 1220. The van der Waals surface area contributed by atoms with E-state index in [-0.39, 0.29) is 17.2 Å². The van der Waals surface area contributed by atoms with Crippen molar-refractivity contribution in [3.8, 4) is 0 Å². The number of amides is 2. The molecule has 0 atom stereocenters. The second-order valence-corrected chi connectivity index (χ2v) is 9.30. The van der Waals surface area contributed by atoms with Crippen molar-refractivity contribution in [1.29, 1.82) is 0 Å². The third kappa shape index (κ3) is 3.96. The second kappa shape index (κ2) is 8.12. The quantitative estimate of drug-likeness (QED) is 0.523. The van der Waals surface area contributed by atoms with Gasteiger partial charge >= 0.3 is 0 Å². The van der Waals surface area contributed by atoms with Crippen molar-refractivity contribution in [2.75, 3.05) is 10.2 Å². The summed E-state index contributed by atoms with van der Waals surface area (Å²) in [5, 5.41) is 3.27. The zero-order chi connectivity index (χ0) is 23.0. The number of carbonyl (C=O) groups is 2. The fourth-order valence-corrected chi connectivity index (χ4v) is 3.95. The maximum absolute atomic E-state index is 13.5. The minimum absolute atomic E-state index is 0.0132. The number of imide groups is 1. The van der Waals surface area contributed by atoms with Crippen LogP contribution in [0.3, 0.4) is 0 Å². The number of aryl methyl sites for hydroxylation is 2. The first kappa shape index (κ1) is 21.6.